The molecule has 1 aromatic carbocycles. The van der Waals surface area contributed by atoms with Crippen LogP contribution in [0.2, 0.25) is 0 Å². The van der Waals surface area contributed by atoms with Crippen LogP contribution in [0.4, 0.5) is 0 Å². The Labute approximate surface area is 128 Å². The monoisotopic (exact) mass is 301 g/mol. The molecule has 0 bridgehead atoms. The van der Waals surface area contributed by atoms with Crippen LogP contribution in [-0.2, 0) is 12.8 Å². The van der Waals surface area contributed by atoms with Gasteiger partial charge < -0.3 is 10.1 Å². The zero-order chi connectivity index (χ0) is 14.7. The number of benzene rings is 1. The molecule has 0 saturated carbocycles. The summed E-state index contributed by atoms with van der Waals surface area (Å²) in [5.74, 6) is 0.907. The molecule has 21 heavy (non-hydrogen) atoms. The molecule has 0 aliphatic carbocycles. The first-order valence-electron chi connectivity index (χ1n) is 7.00. The fourth-order valence-corrected chi connectivity index (χ4v) is 3.21. The Kier molecular flexibility index (Phi) is 4.22. The number of likely N-dealkylation sites (N-methyl/N-ethyl adjacent to an activating group) is 1. The minimum atomic E-state index is 0.363. The van der Waals surface area contributed by atoms with Gasteiger partial charge in [-0.2, -0.15) is 0 Å². The first-order chi connectivity index (χ1) is 10.3. The minimum Gasteiger partial charge on any atom is -0.497 e. The Balaban J connectivity index is 1.71. The number of imidazole rings is 1. The second-order valence-corrected chi connectivity index (χ2v) is 5.94. The number of nitrogens with one attached hydrogen (secondary N) is 1. The van der Waals surface area contributed by atoms with Gasteiger partial charge in [-0.25, -0.2) is 4.98 Å². The SMILES string of the molecule is CNC(Cc1cccc(OC)c1)Cc1cn2ccsc2n1. The van der Waals surface area contributed by atoms with Crippen LogP contribution >= 0.6 is 11.3 Å². The zero-order valence-electron chi connectivity index (χ0n) is 12.2. The van der Waals surface area contributed by atoms with E-state index in [1.807, 2.05) is 25.4 Å². The summed E-state index contributed by atoms with van der Waals surface area (Å²) >= 11 is 1.67. The zero-order valence-corrected chi connectivity index (χ0v) is 13.1. The lowest BCUT2D eigenvalue weighted by Crippen LogP contribution is -2.30. The minimum absolute atomic E-state index is 0.363. The lowest BCUT2D eigenvalue weighted by atomic mass is 10.0. The van der Waals surface area contributed by atoms with Gasteiger partial charge in [-0.3, -0.25) is 4.40 Å². The third-order valence-corrected chi connectivity index (χ3v) is 4.39. The summed E-state index contributed by atoms with van der Waals surface area (Å²) < 4.78 is 7.36. The van der Waals surface area contributed by atoms with E-state index in [1.165, 1.54) is 5.56 Å². The van der Waals surface area contributed by atoms with Crippen molar-refractivity contribution >= 4 is 16.3 Å². The normalized spacial score (nSPS) is 12.7. The summed E-state index contributed by atoms with van der Waals surface area (Å²) in [6, 6.07) is 8.60. The first-order valence-corrected chi connectivity index (χ1v) is 7.87. The van der Waals surface area contributed by atoms with Crippen molar-refractivity contribution in [3.05, 3.63) is 53.3 Å². The van der Waals surface area contributed by atoms with Gasteiger partial charge in [-0.05, 0) is 31.2 Å². The van der Waals surface area contributed by atoms with Gasteiger partial charge in [-0.15, -0.1) is 11.3 Å². The predicted molar refractivity (Wildman–Crippen MR) is 86.3 cm³/mol. The van der Waals surface area contributed by atoms with Crippen molar-refractivity contribution in [1.29, 1.82) is 0 Å². The maximum absolute atomic E-state index is 5.28. The topological polar surface area (TPSA) is 38.6 Å². The van der Waals surface area contributed by atoms with Crippen LogP contribution in [0.25, 0.3) is 4.96 Å². The molecule has 0 radical (unpaired) electrons. The number of rotatable bonds is 6. The average molecular weight is 301 g/mol. The van der Waals surface area contributed by atoms with E-state index in [2.05, 4.69) is 38.4 Å². The summed E-state index contributed by atoms with van der Waals surface area (Å²) in [6.07, 6.45) is 6.04. The molecule has 110 valence electrons. The van der Waals surface area contributed by atoms with Crippen LogP contribution in [0.15, 0.2) is 42.0 Å². The molecule has 4 nitrogen and oxygen atoms in total. The van der Waals surface area contributed by atoms with E-state index in [9.17, 15) is 0 Å². The van der Waals surface area contributed by atoms with Crippen LogP contribution in [0, 0.1) is 0 Å². The second kappa shape index (κ2) is 6.28. The Morgan fingerprint density at radius 1 is 1.38 bits per heavy atom. The lowest BCUT2D eigenvalue weighted by molar-refractivity contribution is 0.414. The van der Waals surface area contributed by atoms with Crippen molar-refractivity contribution in [2.24, 2.45) is 0 Å². The molecule has 1 N–H and O–H groups in total. The maximum Gasteiger partial charge on any atom is 0.193 e. The van der Waals surface area contributed by atoms with Crippen LogP contribution < -0.4 is 10.1 Å². The van der Waals surface area contributed by atoms with Gasteiger partial charge in [0.1, 0.15) is 5.75 Å². The largest absolute Gasteiger partial charge is 0.497 e. The second-order valence-electron chi connectivity index (χ2n) is 5.07. The maximum atomic E-state index is 5.28. The Hall–Kier alpha value is -1.85. The number of hydrogen-bond donors (Lipinski definition) is 1. The van der Waals surface area contributed by atoms with E-state index in [0.717, 1.165) is 29.2 Å². The highest BCUT2D eigenvalue weighted by Gasteiger charge is 2.12. The van der Waals surface area contributed by atoms with Gasteiger partial charge in [0, 0.05) is 30.2 Å². The molecular formula is C16H19N3OS. The molecule has 0 aliphatic rings. The number of hydrogen-bond acceptors (Lipinski definition) is 4. The van der Waals surface area contributed by atoms with Gasteiger partial charge in [0.15, 0.2) is 4.96 Å². The van der Waals surface area contributed by atoms with Crippen molar-refractivity contribution in [1.82, 2.24) is 14.7 Å². The number of fused-ring (bicyclic) bond motifs is 1. The fraction of sp³-hybridized carbons (Fsp3) is 0.312. The van der Waals surface area contributed by atoms with Crippen LogP contribution in [0.5, 0.6) is 5.75 Å². The molecule has 1 unspecified atom stereocenters. The summed E-state index contributed by atoms with van der Waals surface area (Å²) in [5.41, 5.74) is 2.40. The smallest absolute Gasteiger partial charge is 0.193 e. The predicted octanol–water partition coefficient (Wildman–Crippen LogP) is 2.78. The van der Waals surface area contributed by atoms with Crippen LogP contribution in [0.1, 0.15) is 11.3 Å². The highest BCUT2D eigenvalue weighted by atomic mass is 32.1. The summed E-state index contributed by atoms with van der Waals surface area (Å²) in [4.78, 5) is 5.71. The van der Waals surface area contributed by atoms with Gasteiger partial charge in [0.25, 0.3) is 0 Å². The van der Waals surface area contributed by atoms with Crippen LogP contribution in [0.3, 0.4) is 0 Å². The summed E-state index contributed by atoms with van der Waals surface area (Å²) in [6.45, 7) is 0. The van der Waals surface area contributed by atoms with Crippen molar-refractivity contribution in [3.8, 4) is 5.75 Å². The molecule has 0 aliphatic heterocycles. The number of ether oxygens (including phenoxy) is 1. The highest BCUT2D eigenvalue weighted by Crippen LogP contribution is 2.16. The van der Waals surface area contributed by atoms with E-state index in [4.69, 9.17) is 4.74 Å². The summed E-state index contributed by atoms with van der Waals surface area (Å²) in [7, 11) is 3.70. The van der Waals surface area contributed by atoms with E-state index < -0.39 is 0 Å². The van der Waals surface area contributed by atoms with E-state index >= 15 is 0 Å². The highest BCUT2D eigenvalue weighted by molar-refractivity contribution is 7.15. The Bertz CT molecular complexity index is 690. The first kappa shape index (κ1) is 14.1. The number of nitrogens with zero attached hydrogens (tertiary/aromatic N) is 2. The summed E-state index contributed by atoms with van der Waals surface area (Å²) in [5, 5.41) is 5.44. The molecule has 3 rings (SSSR count). The molecular weight excluding hydrogens is 282 g/mol. The van der Waals surface area contributed by atoms with Crippen LogP contribution in [-0.4, -0.2) is 29.6 Å². The molecule has 2 aromatic heterocycles. The molecule has 0 saturated heterocycles. The molecule has 0 amide bonds. The molecule has 0 spiro atoms. The van der Waals surface area contributed by atoms with Crippen molar-refractivity contribution in [2.45, 2.75) is 18.9 Å². The van der Waals surface area contributed by atoms with Crippen molar-refractivity contribution in [3.63, 3.8) is 0 Å². The molecule has 1 atom stereocenters. The number of thiazole rings is 1. The van der Waals surface area contributed by atoms with Gasteiger partial charge in [0.2, 0.25) is 0 Å². The van der Waals surface area contributed by atoms with Crippen molar-refractivity contribution in [2.75, 3.05) is 14.2 Å². The average Bonchev–Trinajstić information content (AvgIpc) is 3.08. The van der Waals surface area contributed by atoms with Gasteiger partial charge in [-0.1, -0.05) is 12.1 Å². The lowest BCUT2D eigenvalue weighted by Gasteiger charge is -2.15. The molecule has 5 heteroatoms. The Morgan fingerprint density at radius 2 is 2.29 bits per heavy atom. The quantitative estimate of drug-likeness (QED) is 0.761. The van der Waals surface area contributed by atoms with Crippen molar-refractivity contribution < 1.29 is 4.74 Å². The Morgan fingerprint density at radius 3 is 3.05 bits per heavy atom. The number of aromatic nitrogens is 2. The van der Waals surface area contributed by atoms with E-state index in [0.29, 0.717) is 6.04 Å². The molecule has 2 heterocycles. The number of methoxy groups -OCH3 is 1. The third kappa shape index (κ3) is 3.25. The fourth-order valence-electron chi connectivity index (χ4n) is 2.49. The van der Waals surface area contributed by atoms with E-state index in [-0.39, 0.29) is 0 Å². The van der Waals surface area contributed by atoms with Gasteiger partial charge in [0.05, 0.1) is 12.8 Å². The standard InChI is InChI=1S/C16H19N3OS/c1-17-13(8-12-4-3-5-15(9-12)20-2)10-14-11-19-6-7-21-16(19)18-14/h3-7,9,11,13,17H,8,10H2,1-2H3. The molecule has 3 aromatic rings. The van der Waals surface area contributed by atoms with E-state index in [1.54, 1.807) is 18.4 Å². The third-order valence-electron chi connectivity index (χ3n) is 3.62. The van der Waals surface area contributed by atoms with Gasteiger partial charge >= 0.3 is 0 Å². The molecule has 0 fully saturated rings.